The molecule has 0 spiro atoms. The molecular weight excluding hydrogens is 144 g/mol. The average Bonchev–Trinajstić information content (AvgIpc) is 1.86. The van der Waals surface area contributed by atoms with Crippen LogP contribution in [0.5, 0.6) is 0 Å². The maximum atomic E-state index is 10.5. The second-order valence-corrected chi connectivity index (χ2v) is 2.78. The number of unbranched alkanes of at least 4 members (excludes halogenated alkanes) is 1. The van der Waals surface area contributed by atoms with Crippen LogP contribution in [0.3, 0.4) is 0 Å². The molecule has 3 heteroatoms. The lowest BCUT2D eigenvalue weighted by Crippen LogP contribution is -2.10. The third-order valence-electron chi connectivity index (χ3n) is 1.47. The van der Waals surface area contributed by atoms with Crippen LogP contribution in [0.25, 0.3) is 0 Å². The van der Waals surface area contributed by atoms with E-state index in [4.69, 9.17) is 10.2 Å². The Morgan fingerprint density at radius 1 is 1.45 bits per heavy atom. The quantitative estimate of drug-likeness (QED) is 0.556. The van der Waals surface area contributed by atoms with E-state index in [9.17, 15) is 4.79 Å². The molecule has 0 aliphatic rings. The topological polar surface area (TPSA) is 57.5 Å². The minimum absolute atomic E-state index is 0.0153. The Morgan fingerprint density at radius 3 is 2.55 bits per heavy atom. The highest BCUT2D eigenvalue weighted by molar-refractivity contribution is 5.75. The minimum atomic E-state index is -0.515. The van der Waals surface area contributed by atoms with Crippen molar-refractivity contribution in [3.8, 4) is 0 Å². The van der Waals surface area contributed by atoms with Crippen LogP contribution in [0, 0.1) is 0 Å². The van der Waals surface area contributed by atoms with Crippen LogP contribution in [0.1, 0.15) is 32.6 Å². The van der Waals surface area contributed by atoms with Gasteiger partial charge in [0.2, 0.25) is 0 Å². The molecule has 0 aliphatic heterocycles. The zero-order chi connectivity index (χ0) is 8.69. The molecule has 0 aliphatic carbocycles. The Bertz CT molecular complexity index is 112. The Balaban J connectivity index is 3.22. The van der Waals surface area contributed by atoms with Gasteiger partial charge in [0.25, 0.3) is 0 Å². The molecule has 0 aromatic rings. The molecule has 0 rings (SSSR count). The fourth-order valence-electron chi connectivity index (χ4n) is 0.926. The maximum absolute atomic E-state index is 10.5. The summed E-state index contributed by atoms with van der Waals surface area (Å²) in [6.45, 7) is 1.63. The molecule has 11 heavy (non-hydrogen) atoms. The minimum Gasteiger partial charge on any atom is -0.396 e. The standard InChI is InChI=1S/C8H16O3/c1-7(10)6-8(11)4-2-3-5-9/h8-9,11H,2-6H2,1H3. The summed E-state index contributed by atoms with van der Waals surface area (Å²) in [7, 11) is 0. The van der Waals surface area contributed by atoms with Crippen molar-refractivity contribution in [3.63, 3.8) is 0 Å². The second kappa shape index (κ2) is 6.31. The fraction of sp³-hybridized carbons (Fsp3) is 0.875. The van der Waals surface area contributed by atoms with Gasteiger partial charge >= 0.3 is 0 Å². The van der Waals surface area contributed by atoms with Crippen molar-refractivity contribution < 1.29 is 15.0 Å². The second-order valence-electron chi connectivity index (χ2n) is 2.78. The molecule has 0 saturated heterocycles. The molecule has 3 nitrogen and oxygen atoms in total. The first-order valence-corrected chi connectivity index (χ1v) is 3.95. The highest BCUT2D eigenvalue weighted by Gasteiger charge is 2.05. The van der Waals surface area contributed by atoms with Crippen LogP contribution >= 0.6 is 0 Å². The molecule has 0 fully saturated rings. The van der Waals surface area contributed by atoms with Gasteiger partial charge in [-0.1, -0.05) is 0 Å². The predicted octanol–water partition coefficient (Wildman–Crippen LogP) is 0.489. The number of ketones is 1. The molecule has 1 atom stereocenters. The summed E-state index contributed by atoms with van der Waals surface area (Å²) in [6, 6.07) is 0. The summed E-state index contributed by atoms with van der Waals surface area (Å²) in [4.78, 5) is 10.5. The predicted molar refractivity (Wildman–Crippen MR) is 42.2 cm³/mol. The van der Waals surface area contributed by atoms with E-state index in [-0.39, 0.29) is 18.8 Å². The smallest absolute Gasteiger partial charge is 0.132 e. The van der Waals surface area contributed by atoms with Gasteiger partial charge in [-0.25, -0.2) is 0 Å². The monoisotopic (exact) mass is 160 g/mol. The fourth-order valence-corrected chi connectivity index (χ4v) is 0.926. The van der Waals surface area contributed by atoms with Gasteiger partial charge in [-0.15, -0.1) is 0 Å². The molecule has 2 N–H and O–H groups in total. The van der Waals surface area contributed by atoms with Crippen LogP contribution in [0.4, 0.5) is 0 Å². The van der Waals surface area contributed by atoms with Crippen LogP contribution in [0.2, 0.25) is 0 Å². The van der Waals surface area contributed by atoms with Gasteiger partial charge in [-0.3, -0.25) is 4.79 Å². The number of carbonyl (C=O) groups is 1. The summed E-state index contributed by atoms with van der Waals surface area (Å²) in [5.74, 6) is 0.0153. The average molecular weight is 160 g/mol. The van der Waals surface area contributed by atoms with Gasteiger partial charge in [-0.05, 0) is 26.2 Å². The Morgan fingerprint density at radius 2 is 2.09 bits per heavy atom. The number of Topliss-reactive ketones (excluding diaryl/α,β-unsaturated/α-hetero) is 1. The lowest BCUT2D eigenvalue weighted by molar-refractivity contribution is -0.118. The third kappa shape index (κ3) is 7.49. The SMILES string of the molecule is CC(=O)CC(O)CCCCO. The number of carbonyl (C=O) groups excluding carboxylic acids is 1. The molecule has 0 amide bonds. The highest BCUT2D eigenvalue weighted by Crippen LogP contribution is 2.04. The van der Waals surface area contributed by atoms with E-state index in [0.29, 0.717) is 12.8 Å². The zero-order valence-electron chi connectivity index (χ0n) is 6.92. The molecule has 1 unspecified atom stereocenters. The van der Waals surface area contributed by atoms with E-state index in [0.717, 1.165) is 6.42 Å². The Kier molecular flexibility index (Phi) is 6.07. The summed E-state index contributed by atoms with van der Waals surface area (Å²) in [6.07, 6.45) is 1.82. The zero-order valence-corrected chi connectivity index (χ0v) is 6.92. The third-order valence-corrected chi connectivity index (χ3v) is 1.47. The normalized spacial score (nSPS) is 13.0. The summed E-state index contributed by atoms with van der Waals surface area (Å²) in [5.41, 5.74) is 0. The van der Waals surface area contributed by atoms with Crippen LogP contribution in [0.15, 0.2) is 0 Å². The first-order chi connectivity index (χ1) is 5.16. The number of rotatable bonds is 6. The summed E-state index contributed by atoms with van der Waals surface area (Å²) >= 11 is 0. The largest absolute Gasteiger partial charge is 0.396 e. The Hall–Kier alpha value is -0.410. The van der Waals surface area contributed by atoms with Gasteiger partial charge < -0.3 is 10.2 Å². The number of aliphatic hydroxyl groups excluding tert-OH is 2. The van der Waals surface area contributed by atoms with Crippen molar-refractivity contribution in [2.24, 2.45) is 0 Å². The number of hydrogen-bond acceptors (Lipinski definition) is 3. The van der Waals surface area contributed by atoms with Gasteiger partial charge in [0, 0.05) is 13.0 Å². The van der Waals surface area contributed by atoms with E-state index < -0.39 is 6.10 Å². The van der Waals surface area contributed by atoms with Crippen molar-refractivity contribution in [1.82, 2.24) is 0 Å². The van der Waals surface area contributed by atoms with Crippen LogP contribution in [-0.2, 0) is 4.79 Å². The molecule has 0 aromatic heterocycles. The van der Waals surface area contributed by atoms with Gasteiger partial charge in [0.1, 0.15) is 5.78 Å². The van der Waals surface area contributed by atoms with Crippen molar-refractivity contribution >= 4 is 5.78 Å². The van der Waals surface area contributed by atoms with Crippen molar-refractivity contribution in [3.05, 3.63) is 0 Å². The molecule has 66 valence electrons. The van der Waals surface area contributed by atoms with Crippen molar-refractivity contribution in [2.45, 2.75) is 38.7 Å². The van der Waals surface area contributed by atoms with Crippen molar-refractivity contribution in [2.75, 3.05) is 6.61 Å². The summed E-state index contributed by atoms with van der Waals surface area (Å²) < 4.78 is 0. The van der Waals surface area contributed by atoms with Gasteiger partial charge in [-0.2, -0.15) is 0 Å². The van der Waals surface area contributed by atoms with E-state index in [1.807, 2.05) is 0 Å². The molecule has 0 bridgehead atoms. The summed E-state index contributed by atoms with van der Waals surface area (Å²) in [5, 5.41) is 17.6. The van der Waals surface area contributed by atoms with Crippen molar-refractivity contribution in [1.29, 1.82) is 0 Å². The molecule has 0 saturated carbocycles. The molecular formula is C8H16O3. The van der Waals surface area contributed by atoms with E-state index >= 15 is 0 Å². The molecule has 0 radical (unpaired) electrons. The first-order valence-electron chi connectivity index (χ1n) is 3.95. The number of hydrogen-bond donors (Lipinski definition) is 2. The van der Waals surface area contributed by atoms with Crippen LogP contribution in [-0.4, -0.2) is 28.7 Å². The van der Waals surface area contributed by atoms with Crippen LogP contribution < -0.4 is 0 Å². The van der Waals surface area contributed by atoms with E-state index in [2.05, 4.69) is 0 Å². The van der Waals surface area contributed by atoms with E-state index in [1.54, 1.807) is 0 Å². The lowest BCUT2D eigenvalue weighted by atomic mass is 10.1. The van der Waals surface area contributed by atoms with Gasteiger partial charge in [0.15, 0.2) is 0 Å². The Labute approximate surface area is 67.0 Å². The lowest BCUT2D eigenvalue weighted by Gasteiger charge is -2.06. The molecule has 0 heterocycles. The van der Waals surface area contributed by atoms with Gasteiger partial charge in [0.05, 0.1) is 6.10 Å². The molecule has 0 aromatic carbocycles. The van der Waals surface area contributed by atoms with E-state index in [1.165, 1.54) is 6.92 Å². The number of aliphatic hydroxyl groups is 2. The highest BCUT2D eigenvalue weighted by atomic mass is 16.3. The first kappa shape index (κ1) is 10.6. The maximum Gasteiger partial charge on any atom is 0.132 e.